The van der Waals surface area contributed by atoms with Crippen molar-refractivity contribution in [3.05, 3.63) is 58.4 Å². The predicted octanol–water partition coefficient (Wildman–Crippen LogP) is 2.14. The van der Waals surface area contributed by atoms with Crippen LogP contribution in [0.4, 0.5) is 0 Å². The molecule has 0 aliphatic rings. The van der Waals surface area contributed by atoms with E-state index in [9.17, 15) is 4.79 Å². The molecule has 2 aromatic rings. The van der Waals surface area contributed by atoms with Gasteiger partial charge in [0.2, 0.25) is 0 Å². The first-order valence-corrected chi connectivity index (χ1v) is 4.25. The minimum absolute atomic E-state index is 0.433. The van der Waals surface area contributed by atoms with Crippen LogP contribution in [-0.2, 0) is 0 Å². The lowest BCUT2D eigenvalue weighted by molar-refractivity contribution is 0.515. The van der Waals surface area contributed by atoms with Gasteiger partial charge in [-0.05, 0) is 11.6 Å². The summed E-state index contributed by atoms with van der Waals surface area (Å²) in [5.74, 6) is -0.433. The Kier molecular flexibility index (Phi) is 2.32. The number of aromatic nitrogens is 1. The lowest BCUT2D eigenvalue weighted by Gasteiger charge is -1.89. The fraction of sp³-hybridized carbons (Fsp3) is 0. The van der Waals surface area contributed by atoms with Gasteiger partial charge in [0.15, 0.2) is 0 Å². The van der Waals surface area contributed by atoms with Gasteiger partial charge in [0.25, 0.3) is 0 Å². The third-order valence-electron chi connectivity index (χ3n) is 1.79. The monoisotopic (exact) mass is 187 g/mol. The molecule has 0 radical (unpaired) electrons. The minimum atomic E-state index is -0.433. The van der Waals surface area contributed by atoms with Crippen LogP contribution in [0.1, 0.15) is 11.3 Å². The number of benzene rings is 1. The first-order valence-electron chi connectivity index (χ1n) is 4.25. The van der Waals surface area contributed by atoms with E-state index in [1.165, 1.54) is 6.26 Å². The molecule has 1 aromatic carbocycles. The summed E-state index contributed by atoms with van der Waals surface area (Å²) in [6.07, 6.45) is 5.09. The summed E-state index contributed by atoms with van der Waals surface area (Å²) in [5, 5.41) is 0. The van der Waals surface area contributed by atoms with Gasteiger partial charge in [-0.25, -0.2) is 4.79 Å². The maximum Gasteiger partial charge on any atom is 0.416 e. The zero-order valence-electron chi connectivity index (χ0n) is 7.44. The number of rotatable bonds is 2. The Hall–Kier alpha value is -2.03. The van der Waals surface area contributed by atoms with Gasteiger partial charge in [-0.1, -0.05) is 36.4 Å². The highest BCUT2D eigenvalue weighted by molar-refractivity contribution is 5.67. The minimum Gasteiger partial charge on any atom is -0.416 e. The van der Waals surface area contributed by atoms with Gasteiger partial charge in [-0.2, -0.15) is 0 Å². The van der Waals surface area contributed by atoms with E-state index >= 15 is 0 Å². The maximum atomic E-state index is 10.6. The van der Waals surface area contributed by atoms with E-state index in [0.29, 0.717) is 5.69 Å². The molecule has 0 unspecified atom stereocenters. The fourth-order valence-corrected chi connectivity index (χ4v) is 1.12. The normalized spacial score (nSPS) is 10.9. The van der Waals surface area contributed by atoms with Crippen LogP contribution in [0.5, 0.6) is 0 Å². The second-order valence-electron chi connectivity index (χ2n) is 2.85. The molecule has 2 rings (SSSR count). The van der Waals surface area contributed by atoms with Crippen LogP contribution in [0, 0.1) is 0 Å². The molecule has 0 bridgehead atoms. The third kappa shape index (κ3) is 2.01. The average Bonchev–Trinajstić information content (AvgIpc) is 2.63. The highest BCUT2D eigenvalue weighted by atomic mass is 16.4. The molecular formula is C11H9NO2. The van der Waals surface area contributed by atoms with Gasteiger partial charge >= 0.3 is 5.76 Å². The van der Waals surface area contributed by atoms with Crippen LogP contribution in [0.3, 0.4) is 0 Å². The molecule has 1 N–H and O–H groups in total. The van der Waals surface area contributed by atoms with Gasteiger partial charge in [0.1, 0.15) is 6.26 Å². The number of aromatic amines is 1. The summed E-state index contributed by atoms with van der Waals surface area (Å²) >= 11 is 0. The molecule has 0 amide bonds. The quantitative estimate of drug-likeness (QED) is 0.782. The maximum absolute atomic E-state index is 10.6. The first kappa shape index (κ1) is 8.56. The second-order valence-corrected chi connectivity index (χ2v) is 2.85. The zero-order valence-corrected chi connectivity index (χ0v) is 7.44. The molecule has 14 heavy (non-hydrogen) atoms. The van der Waals surface area contributed by atoms with Gasteiger partial charge in [0.05, 0.1) is 5.69 Å². The Morgan fingerprint density at radius 2 is 1.93 bits per heavy atom. The Morgan fingerprint density at radius 3 is 2.57 bits per heavy atom. The highest BCUT2D eigenvalue weighted by Gasteiger charge is 1.91. The number of H-pyrrole nitrogens is 1. The van der Waals surface area contributed by atoms with Gasteiger partial charge < -0.3 is 4.42 Å². The van der Waals surface area contributed by atoms with Crippen molar-refractivity contribution in [3.63, 3.8) is 0 Å². The lowest BCUT2D eigenvalue weighted by atomic mass is 10.2. The zero-order chi connectivity index (χ0) is 9.80. The van der Waals surface area contributed by atoms with E-state index in [2.05, 4.69) is 9.40 Å². The van der Waals surface area contributed by atoms with E-state index in [1.54, 1.807) is 6.08 Å². The van der Waals surface area contributed by atoms with Gasteiger partial charge in [-0.15, -0.1) is 0 Å². The molecule has 70 valence electrons. The van der Waals surface area contributed by atoms with Crippen molar-refractivity contribution in [2.75, 3.05) is 0 Å². The van der Waals surface area contributed by atoms with Crippen molar-refractivity contribution in [1.82, 2.24) is 4.98 Å². The Bertz CT molecular complexity index is 479. The standard InChI is InChI=1S/C11H9NO2/c13-11-12-10(8-14-11)7-6-9-4-2-1-3-5-9/h1-8H,(H,12,13). The Morgan fingerprint density at radius 1 is 1.14 bits per heavy atom. The SMILES string of the molecule is O=c1[nH]c(C=Cc2ccccc2)co1. The predicted molar refractivity (Wildman–Crippen MR) is 54.7 cm³/mol. The third-order valence-corrected chi connectivity index (χ3v) is 1.79. The van der Waals surface area contributed by atoms with E-state index in [4.69, 9.17) is 0 Å². The molecule has 0 aliphatic heterocycles. The van der Waals surface area contributed by atoms with E-state index in [0.717, 1.165) is 5.56 Å². The number of hydrogen-bond donors (Lipinski definition) is 1. The molecule has 0 spiro atoms. The van der Waals surface area contributed by atoms with Crippen molar-refractivity contribution in [3.8, 4) is 0 Å². The van der Waals surface area contributed by atoms with E-state index < -0.39 is 5.76 Å². The van der Waals surface area contributed by atoms with Gasteiger partial charge in [0, 0.05) is 0 Å². The summed E-state index contributed by atoms with van der Waals surface area (Å²) in [4.78, 5) is 13.2. The van der Waals surface area contributed by atoms with Gasteiger partial charge in [-0.3, -0.25) is 4.98 Å². The molecule has 0 fully saturated rings. The Balaban J connectivity index is 2.19. The summed E-state index contributed by atoms with van der Waals surface area (Å²) < 4.78 is 4.59. The summed E-state index contributed by atoms with van der Waals surface area (Å²) in [7, 11) is 0. The molecular weight excluding hydrogens is 178 g/mol. The second kappa shape index (κ2) is 3.79. The topological polar surface area (TPSA) is 46.0 Å². The molecule has 0 saturated heterocycles. The molecule has 1 aromatic heterocycles. The van der Waals surface area contributed by atoms with E-state index in [1.807, 2.05) is 36.4 Å². The first-order chi connectivity index (χ1) is 6.84. The van der Waals surface area contributed by atoms with Crippen molar-refractivity contribution in [1.29, 1.82) is 0 Å². The smallest absolute Gasteiger partial charge is 0.416 e. The van der Waals surface area contributed by atoms with Crippen molar-refractivity contribution in [2.24, 2.45) is 0 Å². The number of oxazole rings is 1. The largest absolute Gasteiger partial charge is 0.416 e. The summed E-state index contributed by atoms with van der Waals surface area (Å²) in [6, 6.07) is 9.83. The molecule has 0 saturated carbocycles. The van der Waals surface area contributed by atoms with Crippen molar-refractivity contribution >= 4 is 12.2 Å². The van der Waals surface area contributed by atoms with Crippen LogP contribution in [0.25, 0.3) is 12.2 Å². The molecule has 3 heteroatoms. The Labute approximate surface area is 80.7 Å². The average molecular weight is 187 g/mol. The van der Waals surface area contributed by atoms with Crippen molar-refractivity contribution < 1.29 is 4.42 Å². The highest BCUT2D eigenvalue weighted by Crippen LogP contribution is 2.04. The van der Waals surface area contributed by atoms with Crippen LogP contribution < -0.4 is 5.76 Å². The summed E-state index contributed by atoms with van der Waals surface area (Å²) in [6.45, 7) is 0. The fourth-order valence-electron chi connectivity index (χ4n) is 1.12. The van der Waals surface area contributed by atoms with E-state index in [-0.39, 0.29) is 0 Å². The lowest BCUT2D eigenvalue weighted by Crippen LogP contribution is -1.94. The molecule has 0 aliphatic carbocycles. The van der Waals surface area contributed by atoms with Crippen LogP contribution in [-0.4, -0.2) is 4.98 Å². The number of nitrogens with one attached hydrogen (secondary N) is 1. The van der Waals surface area contributed by atoms with Crippen LogP contribution >= 0.6 is 0 Å². The summed E-state index contributed by atoms with van der Waals surface area (Å²) in [5.41, 5.74) is 1.74. The molecule has 1 heterocycles. The molecule has 3 nitrogen and oxygen atoms in total. The number of hydrogen-bond acceptors (Lipinski definition) is 2. The molecule has 0 atom stereocenters. The van der Waals surface area contributed by atoms with Crippen LogP contribution in [0.2, 0.25) is 0 Å². The van der Waals surface area contributed by atoms with Crippen molar-refractivity contribution in [2.45, 2.75) is 0 Å². The van der Waals surface area contributed by atoms with Crippen LogP contribution in [0.15, 0.2) is 45.8 Å².